The Morgan fingerprint density at radius 2 is 1.86 bits per heavy atom. The van der Waals surface area contributed by atoms with Crippen LogP contribution in [-0.2, 0) is 10.0 Å². The number of halogens is 3. The summed E-state index contributed by atoms with van der Waals surface area (Å²) in [4.78, 5) is -0.383. The Labute approximate surface area is 125 Å². The molecule has 2 rings (SSSR count). The smallest absolute Gasteiger partial charge is 0.263 e. The highest BCUT2D eigenvalue weighted by atomic mass is 35.5. The van der Waals surface area contributed by atoms with Crippen LogP contribution in [0.25, 0.3) is 0 Å². The molecule has 0 radical (unpaired) electrons. The van der Waals surface area contributed by atoms with Crippen molar-refractivity contribution in [3.05, 3.63) is 52.6 Å². The molecular weight excluding hydrogens is 322 g/mol. The SMILES string of the molecule is Cc1c(F)cccc1NS(=O)(=O)c1cc(N)c(F)cc1Cl. The molecule has 0 unspecified atom stereocenters. The van der Waals surface area contributed by atoms with Crippen molar-refractivity contribution in [3.63, 3.8) is 0 Å². The highest BCUT2D eigenvalue weighted by Gasteiger charge is 2.21. The molecule has 4 nitrogen and oxygen atoms in total. The van der Waals surface area contributed by atoms with Crippen molar-refractivity contribution in [2.75, 3.05) is 10.5 Å². The van der Waals surface area contributed by atoms with E-state index in [-0.39, 0.29) is 26.9 Å². The van der Waals surface area contributed by atoms with Gasteiger partial charge in [-0.05, 0) is 31.2 Å². The van der Waals surface area contributed by atoms with Crippen LogP contribution in [0.2, 0.25) is 5.02 Å². The van der Waals surface area contributed by atoms with Crippen molar-refractivity contribution in [2.24, 2.45) is 0 Å². The molecule has 0 bridgehead atoms. The molecule has 2 aromatic rings. The van der Waals surface area contributed by atoms with Crippen molar-refractivity contribution in [2.45, 2.75) is 11.8 Å². The van der Waals surface area contributed by atoms with Gasteiger partial charge in [0, 0.05) is 5.56 Å². The number of rotatable bonds is 3. The Hall–Kier alpha value is -1.86. The van der Waals surface area contributed by atoms with Gasteiger partial charge < -0.3 is 5.73 Å². The van der Waals surface area contributed by atoms with Crippen LogP contribution in [0.15, 0.2) is 35.2 Å². The van der Waals surface area contributed by atoms with Gasteiger partial charge in [-0.3, -0.25) is 4.72 Å². The molecule has 112 valence electrons. The van der Waals surface area contributed by atoms with Crippen LogP contribution in [0.5, 0.6) is 0 Å². The first kappa shape index (κ1) is 15.5. The minimum atomic E-state index is -4.12. The number of hydrogen-bond donors (Lipinski definition) is 2. The zero-order valence-electron chi connectivity index (χ0n) is 10.8. The molecule has 2 aromatic carbocycles. The van der Waals surface area contributed by atoms with Gasteiger partial charge in [0.05, 0.1) is 16.4 Å². The zero-order chi connectivity index (χ0) is 15.8. The van der Waals surface area contributed by atoms with E-state index in [1.165, 1.54) is 25.1 Å². The lowest BCUT2D eigenvalue weighted by atomic mass is 10.2. The summed E-state index contributed by atoms with van der Waals surface area (Å²) in [7, 11) is -4.12. The van der Waals surface area contributed by atoms with E-state index in [9.17, 15) is 17.2 Å². The van der Waals surface area contributed by atoms with Gasteiger partial charge in [-0.2, -0.15) is 0 Å². The van der Waals surface area contributed by atoms with E-state index in [4.69, 9.17) is 17.3 Å². The van der Waals surface area contributed by atoms with Crippen molar-refractivity contribution < 1.29 is 17.2 Å². The van der Waals surface area contributed by atoms with E-state index in [0.717, 1.165) is 12.1 Å². The fraction of sp³-hybridized carbons (Fsp3) is 0.0769. The lowest BCUT2D eigenvalue weighted by molar-refractivity contribution is 0.599. The standard InChI is InChI=1S/C13H11ClF2N2O2S/c1-7-9(15)3-2-4-12(7)18-21(19,20)13-6-11(17)10(16)5-8(13)14/h2-6,18H,17H2,1H3. The normalized spacial score (nSPS) is 11.4. The molecular formula is C13H11ClF2N2O2S. The summed E-state index contributed by atoms with van der Waals surface area (Å²) >= 11 is 5.73. The lowest BCUT2D eigenvalue weighted by Gasteiger charge is -2.12. The Balaban J connectivity index is 2.48. The lowest BCUT2D eigenvalue weighted by Crippen LogP contribution is -2.15. The highest BCUT2D eigenvalue weighted by molar-refractivity contribution is 7.92. The molecule has 0 aliphatic heterocycles. The second-order valence-corrected chi connectivity index (χ2v) is 6.38. The minimum absolute atomic E-state index is 0.0639. The second-order valence-electron chi connectivity index (χ2n) is 4.32. The maximum absolute atomic E-state index is 13.4. The predicted octanol–water partition coefficient (Wildman–Crippen LogP) is 3.31. The zero-order valence-corrected chi connectivity index (χ0v) is 12.4. The van der Waals surface area contributed by atoms with Gasteiger partial charge in [-0.15, -0.1) is 0 Å². The van der Waals surface area contributed by atoms with Gasteiger partial charge in [-0.25, -0.2) is 17.2 Å². The number of nitrogen functional groups attached to an aromatic ring is 1. The van der Waals surface area contributed by atoms with Gasteiger partial charge in [-0.1, -0.05) is 17.7 Å². The number of anilines is 2. The topological polar surface area (TPSA) is 72.2 Å². The molecule has 0 amide bonds. The number of sulfonamides is 1. The maximum atomic E-state index is 13.4. The van der Waals surface area contributed by atoms with Crippen LogP contribution >= 0.6 is 11.6 Å². The summed E-state index contributed by atoms with van der Waals surface area (Å²) < 4.78 is 53.3. The monoisotopic (exact) mass is 332 g/mol. The van der Waals surface area contributed by atoms with E-state index >= 15 is 0 Å². The molecule has 21 heavy (non-hydrogen) atoms. The molecule has 0 aromatic heterocycles. The molecule has 3 N–H and O–H groups in total. The second kappa shape index (κ2) is 5.50. The first-order valence-electron chi connectivity index (χ1n) is 5.75. The fourth-order valence-corrected chi connectivity index (χ4v) is 3.34. The van der Waals surface area contributed by atoms with Gasteiger partial charge >= 0.3 is 0 Å². The van der Waals surface area contributed by atoms with E-state index in [1.54, 1.807) is 0 Å². The van der Waals surface area contributed by atoms with Crippen molar-refractivity contribution in [3.8, 4) is 0 Å². The Bertz CT molecular complexity index is 810. The quantitative estimate of drug-likeness (QED) is 0.847. The van der Waals surface area contributed by atoms with Crippen molar-refractivity contribution >= 4 is 33.0 Å². The Morgan fingerprint density at radius 1 is 1.19 bits per heavy atom. The van der Waals surface area contributed by atoms with Crippen LogP contribution in [0.3, 0.4) is 0 Å². The number of nitrogens with two attached hydrogens (primary N) is 1. The number of nitrogens with one attached hydrogen (secondary N) is 1. The first-order chi connectivity index (χ1) is 9.72. The minimum Gasteiger partial charge on any atom is -0.396 e. The number of benzene rings is 2. The van der Waals surface area contributed by atoms with Gasteiger partial charge in [0.2, 0.25) is 0 Å². The maximum Gasteiger partial charge on any atom is 0.263 e. The summed E-state index contributed by atoms with van der Waals surface area (Å²) in [5.41, 5.74) is 5.19. The molecule has 0 aliphatic rings. The molecule has 8 heteroatoms. The fourth-order valence-electron chi connectivity index (χ4n) is 1.67. The summed E-state index contributed by atoms with van der Waals surface area (Å²) in [5, 5.41) is -0.316. The van der Waals surface area contributed by atoms with Gasteiger partial charge in [0.25, 0.3) is 10.0 Å². The molecule has 0 saturated carbocycles. The van der Waals surface area contributed by atoms with Crippen molar-refractivity contribution in [1.82, 2.24) is 0 Å². The summed E-state index contributed by atoms with van der Waals surface area (Å²) in [6.45, 7) is 1.42. The van der Waals surface area contributed by atoms with Crippen LogP contribution in [0.1, 0.15) is 5.56 Å². The van der Waals surface area contributed by atoms with Crippen LogP contribution in [0.4, 0.5) is 20.2 Å². The highest BCUT2D eigenvalue weighted by Crippen LogP contribution is 2.29. The average Bonchev–Trinajstić information content (AvgIpc) is 2.39. The van der Waals surface area contributed by atoms with Crippen molar-refractivity contribution in [1.29, 1.82) is 0 Å². The third-order valence-corrected chi connectivity index (χ3v) is 4.68. The van der Waals surface area contributed by atoms with E-state index in [1.807, 2.05) is 0 Å². The van der Waals surface area contributed by atoms with Gasteiger partial charge in [0.1, 0.15) is 16.5 Å². The number of hydrogen-bond acceptors (Lipinski definition) is 3. The third kappa shape index (κ3) is 3.08. The van der Waals surface area contributed by atoms with E-state index < -0.39 is 21.7 Å². The Morgan fingerprint density at radius 3 is 2.52 bits per heavy atom. The third-order valence-electron chi connectivity index (χ3n) is 2.85. The molecule has 0 spiro atoms. The molecule has 0 aliphatic carbocycles. The van der Waals surface area contributed by atoms with E-state index in [2.05, 4.69) is 4.72 Å². The Kier molecular flexibility index (Phi) is 4.06. The van der Waals surface area contributed by atoms with Crippen LogP contribution in [-0.4, -0.2) is 8.42 Å². The summed E-state index contributed by atoms with van der Waals surface area (Å²) in [6.07, 6.45) is 0. The average molecular weight is 333 g/mol. The summed E-state index contributed by atoms with van der Waals surface area (Å²) in [5.74, 6) is -1.37. The largest absolute Gasteiger partial charge is 0.396 e. The van der Waals surface area contributed by atoms with E-state index in [0.29, 0.717) is 0 Å². The summed E-state index contributed by atoms with van der Waals surface area (Å²) in [6, 6.07) is 5.69. The predicted molar refractivity (Wildman–Crippen MR) is 77.8 cm³/mol. The molecule has 0 atom stereocenters. The van der Waals surface area contributed by atoms with Gasteiger partial charge in [0.15, 0.2) is 0 Å². The molecule has 0 heterocycles. The molecule has 0 fully saturated rings. The molecule has 0 saturated heterocycles. The van der Waals surface area contributed by atoms with Crippen LogP contribution < -0.4 is 10.5 Å². The first-order valence-corrected chi connectivity index (χ1v) is 7.61. The van der Waals surface area contributed by atoms with Crippen LogP contribution in [0, 0.1) is 18.6 Å².